The normalized spacial score (nSPS) is 18.6. The topological polar surface area (TPSA) is 50.4 Å². The number of halogens is 1. The monoisotopic (exact) mass is 296 g/mol. The molecule has 1 amide bonds. The third-order valence-electron chi connectivity index (χ3n) is 3.64. The first-order valence-electron chi connectivity index (χ1n) is 7.03. The summed E-state index contributed by atoms with van der Waals surface area (Å²) in [4.78, 5) is 12.2. The van der Waals surface area contributed by atoms with Crippen molar-refractivity contribution >= 4 is 17.5 Å². The van der Waals surface area contributed by atoms with Crippen molar-refractivity contribution < 1.29 is 9.53 Å². The molecule has 2 N–H and O–H groups in total. The van der Waals surface area contributed by atoms with Crippen molar-refractivity contribution in [2.75, 3.05) is 26.7 Å². The summed E-state index contributed by atoms with van der Waals surface area (Å²) in [7, 11) is 1.55. The minimum Gasteiger partial charge on any atom is -0.496 e. The maximum Gasteiger partial charge on any atom is 0.255 e. The first-order chi connectivity index (χ1) is 9.70. The molecule has 1 unspecified atom stereocenters. The number of hydrogen-bond donors (Lipinski definition) is 2. The van der Waals surface area contributed by atoms with Crippen LogP contribution in [0.5, 0.6) is 5.75 Å². The van der Waals surface area contributed by atoms with Crippen LogP contribution in [-0.4, -0.2) is 32.7 Å². The molecule has 1 aliphatic heterocycles. The van der Waals surface area contributed by atoms with Crippen LogP contribution in [0.1, 0.15) is 29.6 Å². The van der Waals surface area contributed by atoms with Gasteiger partial charge in [0.15, 0.2) is 0 Å². The van der Waals surface area contributed by atoms with E-state index >= 15 is 0 Å². The molecule has 1 aromatic carbocycles. The molecule has 1 atom stereocenters. The molecular formula is C15H21ClN2O2. The SMILES string of the molecule is COc1ccc(Cl)cc1C(=O)NCCC1CCCNC1. The van der Waals surface area contributed by atoms with Gasteiger partial charge in [-0.25, -0.2) is 0 Å². The fourth-order valence-corrected chi connectivity index (χ4v) is 2.69. The van der Waals surface area contributed by atoms with Gasteiger partial charge in [0.2, 0.25) is 0 Å². The smallest absolute Gasteiger partial charge is 0.255 e. The van der Waals surface area contributed by atoms with E-state index in [9.17, 15) is 4.79 Å². The van der Waals surface area contributed by atoms with Crippen LogP contribution < -0.4 is 15.4 Å². The van der Waals surface area contributed by atoms with Gasteiger partial charge in [-0.3, -0.25) is 4.79 Å². The zero-order chi connectivity index (χ0) is 14.4. The maximum absolute atomic E-state index is 12.2. The molecule has 1 fully saturated rings. The minimum absolute atomic E-state index is 0.131. The molecule has 1 aromatic rings. The Hall–Kier alpha value is -1.26. The van der Waals surface area contributed by atoms with Gasteiger partial charge >= 0.3 is 0 Å². The second-order valence-electron chi connectivity index (χ2n) is 5.10. The van der Waals surface area contributed by atoms with Crippen molar-refractivity contribution in [3.63, 3.8) is 0 Å². The summed E-state index contributed by atoms with van der Waals surface area (Å²) >= 11 is 5.93. The number of methoxy groups -OCH3 is 1. The van der Waals surface area contributed by atoms with Crippen molar-refractivity contribution in [3.05, 3.63) is 28.8 Å². The lowest BCUT2D eigenvalue weighted by molar-refractivity contribution is 0.0947. The number of carbonyl (C=O) groups is 1. The Balaban J connectivity index is 1.86. The fraction of sp³-hybridized carbons (Fsp3) is 0.533. The van der Waals surface area contributed by atoms with Crippen LogP contribution in [0.25, 0.3) is 0 Å². The van der Waals surface area contributed by atoms with Crippen LogP contribution in [0, 0.1) is 5.92 Å². The summed E-state index contributed by atoms with van der Waals surface area (Å²) < 4.78 is 5.19. The van der Waals surface area contributed by atoms with Crippen molar-refractivity contribution in [1.29, 1.82) is 0 Å². The average molecular weight is 297 g/mol. The summed E-state index contributed by atoms with van der Waals surface area (Å²) in [5.41, 5.74) is 0.488. The number of carbonyl (C=O) groups excluding carboxylic acids is 1. The minimum atomic E-state index is -0.131. The van der Waals surface area contributed by atoms with E-state index in [0.717, 1.165) is 19.5 Å². The van der Waals surface area contributed by atoms with Gasteiger partial charge in [0.1, 0.15) is 5.75 Å². The van der Waals surface area contributed by atoms with E-state index in [1.54, 1.807) is 25.3 Å². The molecule has 0 aliphatic carbocycles. The molecule has 20 heavy (non-hydrogen) atoms. The highest BCUT2D eigenvalue weighted by atomic mass is 35.5. The summed E-state index contributed by atoms with van der Waals surface area (Å²) in [5, 5.41) is 6.86. The van der Waals surface area contributed by atoms with E-state index in [0.29, 0.717) is 28.8 Å². The van der Waals surface area contributed by atoms with Crippen LogP contribution in [0.2, 0.25) is 5.02 Å². The van der Waals surface area contributed by atoms with Crippen LogP contribution in [-0.2, 0) is 0 Å². The van der Waals surface area contributed by atoms with Crippen molar-refractivity contribution in [3.8, 4) is 5.75 Å². The van der Waals surface area contributed by atoms with Gasteiger partial charge in [-0.15, -0.1) is 0 Å². The van der Waals surface area contributed by atoms with Crippen molar-refractivity contribution in [1.82, 2.24) is 10.6 Å². The molecule has 0 bridgehead atoms. The lowest BCUT2D eigenvalue weighted by Gasteiger charge is -2.22. The lowest BCUT2D eigenvalue weighted by Crippen LogP contribution is -2.33. The first-order valence-corrected chi connectivity index (χ1v) is 7.41. The molecule has 1 aliphatic rings. The van der Waals surface area contributed by atoms with Gasteiger partial charge in [0, 0.05) is 11.6 Å². The highest BCUT2D eigenvalue weighted by Gasteiger charge is 2.15. The van der Waals surface area contributed by atoms with E-state index in [-0.39, 0.29) is 5.91 Å². The summed E-state index contributed by atoms with van der Waals surface area (Å²) in [6.07, 6.45) is 3.46. The molecule has 4 nitrogen and oxygen atoms in total. The molecule has 2 rings (SSSR count). The number of hydrogen-bond acceptors (Lipinski definition) is 3. The van der Waals surface area contributed by atoms with E-state index in [4.69, 9.17) is 16.3 Å². The van der Waals surface area contributed by atoms with E-state index in [1.165, 1.54) is 12.8 Å². The van der Waals surface area contributed by atoms with Gasteiger partial charge in [-0.05, 0) is 56.5 Å². The van der Waals surface area contributed by atoms with Gasteiger partial charge in [-0.1, -0.05) is 11.6 Å². The Kier molecular flexibility index (Phi) is 5.68. The fourth-order valence-electron chi connectivity index (χ4n) is 2.51. The second-order valence-corrected chi connectivity index (χ2v) is 5.54. The molecule has 0 saturated carbocycles. The number of benzene rings is 1. The lowest BCUT2D eigenvalue weighted by atomic mass is 9.96. The molecule has 0 radical (unpaired) electrons. The Morgan fingerprint density at radius 2 is 2.40 bits per heavy atom. The molecule has 1 heterocycles. The molecular weight excluding hydrogens is 276 g/mol. The number of rotatable bonds is 5. The third kappa shape index (κ3) is 4.12. The summed E-state index contributed by atoms with van der Waals surface area (Å²) in [6.45, 7) is 2.85. The predicted molar refractivity (Wildman–Crippen MR) is 80.5 cm³/mol. The third-order valence-corrected chi connectivity index (χ3v) is 3.88. The van der Waals surface area contributed by atoms with E-state index in [1.807, 2.05) is 0 Å². The zero-order valence-corrected chi connectivity index (χ0v) is 12.5. The average Bonchev–Trinajstić information content (AvgIpc) is 2.48. The van der Waals surface area contributed by atoms with Crippen LogP contribution in [0.15, 0.2) is 18.2 Å². The van der Waals surface area contributed by atoms with Crippen LogP contribution >= 0.6 is 11.6 Å². The summed E-state index contributed by atoms with van der Waals surface area (Å²) in [6, 6.07) is 5.06. The van der Waals surface area contributed by atoms with Crippen LogP contribution in [0.3, 0.4) is 0 Å². The van der Waals surface area contributed by atoms with Crippen molar-refractivity contribution in [2.45, 2.75) is 19.3 Å². The Morgan fingerprint density at radius 1 is 1.55 bits per heavy atom. The highest BCUT2D eigenvalue weighted by molar-refractivity contribution is 6.31. The Bertz CT molecular complexity index is 459. The standard InChI is InChI=1S/C15H21ClN2O2/c1-20-14-5-4-12(16)9-13(14)15(19)18-8-6-11-3-2-7-17-10-11/h4-5,9,11,17H,2-3,6-8,10H2,1H3,(H,18,19). The van der Waals surface area contributed by atoms with Gasteiger partial charge in [0.05, 0.1) is 12.7 Å². The van der Waals surface area contributed by atoms with Crippen LogP contribution in [0.4, 0.5) is 0 Å². The highest BCUT2D eigenvalue weighted by Crippen LogP contribution is 2.22. The number of nitrogens with one attached hydrogen (secondary N) is 2. The van der Waals surface area contributed by atoms with Crippen molar-refractivity contribution in [2.24, 2.45) is 5.92 Å². The molecule has 0 aromatic heterocycles. The largest absolute Gasteiger partial charge is 0.496 e. The summed E-state index contributed by atoms with van der Waals surface area (Å²) in [5.74, 6) is 1.07. The van der Waals surface area contributed by atoms with Gasteiger partial charge < -0.3 is 15.4 Å². The van der Waals surface area contributed by atoms with E-state index in [2.05, 4.69) is 10.6 Å². The first kappa shape index (κ1) is 15.1. The van der Waals surface area contributed by atoms with Gasteiger partial charge in [-0.2, -0.15) is 0 Å². The number of ether oxygens (including phenoxy) is 1. The zero-order valence-electron chi connectivity index (χ0n) is 11.7. The number of piperidine rings is 1. The molecule has 0 spiro atoms. The Morgan fingerprint density at radius 3 is 3.10 bits per heavy atom. The number of amides is 1. The molecule has 110 valence electrons. The predicted octanol–water partition coefficient (Wildman–Crippen LogP) is 2.47. The van der Waals surface area contributed by atoms with E-state index < -0.39 is 0 Å². The van der Waals surface area contributed by atoms with Gasteiger partial charge in [0.25, 0.3) is 5.91 Å². The second kappa shape index (κ2) is 7.50. The molecule has 5 heteroatoms. The Labute approximate surface area is 124 Å². The quantitative estimate of drug-likeness (QED) is 0.877. The maximum atomic E-state index is 12.2. The molecule has 1 saturated heterocycles.